The Morgan fingerprint density at radius 3 is 2.53 bits per heavy atom. The second-order valence-electron chi connectivity index (χ2n) is 11.6. The first kappa shape index (κ1) is 24.0. The molecule has 4 aliphatic rings. The number of Topliss-reactive ketones (excluding diaryl/α,β-unsaturated/α-hetero) is 1. The van der Waals surface area contributed by atoms with Crippen molar-refractivity contribution in [3.63, 3.8) is 0 Å². The van der Waals surface area contributed by atoms with Crippen LogP contribution in [-0.2, 0) is 14.3 Å². The maximum atomic E-state index is 12.4. The van der Waals surface area contributed by atoms with Crippen LogP contribution >= 0.6 is 0 Å². The Kier molecular flexibility index (Phi) is 8.16. The van der Waals surface area contributed by atoms with Crippen molar-refractivity contribution in [2.45, 2.75) is 129 Å². The van der Waals surface area contributed by atoms with Crippen LogP contribution < -0.4 is 0 Å². The summed E-state index contributed by atoms with van der Waals surface area (Å²) in [5, 5.41) is 0. The highest BCUT2D eigenvalue weighted by molar-refractivity contribution is 5.83. The van der Waals surface area contributed by atoms with Crippen molar-refractivity contribution in [3.8, 4) is 0 Å². The van der Waals surface area contributed by atoms with Crippen molar-refractivity contribution >= 4 is 11.8 Å². The first-order valence-electron chi connectivity index (χ1n) is 13.9. The van der Waals surface area contributed by atoms with Crippen molar-refractivity contribution in [2.24, 2.45) is 29.1 Å². The monoisotopic (exact) mass is 442 g/mol. The summed E-state index contributed by atoms with van der Waals surface area (Å²) in [6.07, 6.45) is 21.7. The molecular formula is C29H46O3. The first-order chi connectivity index (χ1) is 15.5. The summed E-state index contributed by atoms with van der Waals surface area (Å²) in [6, 6.07) is 0. The molecule has 6 unspecified atom stereocenters. The fourth-order valence-corrected chi connectivity index (χ4v) is 7.79. The number of hydrogen-bond donors (Lipinski definition) is 0. The molecule has 0 spiro atoms. The minimum atomic E-state index is 0.0175. The molecule has 3 nitrogen and oxygen atoms in total. The molecule has 0 aromatic heterocycles. The average molecular weight is 443 g/mol. The van der Waals surface area contributed by atoms with E-state index in [4.69, 9.17) is 4.74 Å². The van der Waals surface area contributed by atoms with Crippen LogP contribution in [0.2, 0.25) is 0 Å². The van der Waals surface area contributed by atoms with Crippen LogP contribution in [0.4, 0.5) is 0 Å². The molecule has 4 aliphatic carbocycles. The highest BCUT2D eigenvalue weighted by Crippen LogP contribution is 2.60. The second kappa shape index (κ2) is 10.9. The second-order valence-corrected chi connectivity index (χ2v) is 11.6. The highest BCUT2D eigenvalue weighted by Gasteiger charge is 2.54. The van der Waals surface area contributed by atoms with Gasteiger partial charge in [0.25, 0.3) is 0 Å². The third-order valence-corrected chi connectivity index (χ3v) is 9.66. The lowest BCUT2D eigenvalue weighted by Gasteiger charge is -2.54. The first-order valence-corrected chi connectivity index (χ1v) is 13.9. The Balaban J connectivity index is 1.22. The van der Waals surface area contributed by atoms with Gasteiger partial charge in [0.15, 0.2) is 0 Å². The Morgan fingerprint density at radius 2 is 1.75 bits per heavy atom. The van der Waals surface area contributed by atoms with Crippen LogP contribution in [0.15, 0.2) is 11.6 Å². The Hall–Kier alpha value is -1.12. The summed E-state index contributed by atoms with van der Waals surface area (Å²) < 4.78 is 5.94. The number of allylic oxidation sites excluding steroid dienone is 1. The molecule has 0 aromatic rings. The summed E-state index contributed by atoms with van der Waals surface area (Å²) in [5.41, 5.74) is 1.82. The standard InChI is InChI=1S/C29H46O3/c1-3-4-5-6-7-8-9-10-11-28(31)32-22-18-19-29(2)21(20-22)12-13-24-23-15-17-27(30)25(23)14-16-26(24)29/h12,22-26H,3-11,13-20H2,1-2H3. The van der Waals surface area contributed by atoms with E-state index < -0.39 is 0 Å². The van der Waals surface area contributed by atoms with E-state index >= 15 is 0 Å². The van der Waals surface area contributed by atoms with Crippen molar-refractivity contribution in [3.05, 3.63) is 11.6 Å². The maximum absolute atomic E-state index is 12.4. The molecule has 0 N–H and O–H groups in total. The van der Waals surface area contributed by atoms with Crippen LogP contribution in [0.5, 0.6) is 0 Å². The number of carbonyl (C=O) groups excluding carboxylic acids is 2. The molecule has 0 aliphatic heterocycles. The van der Waals surface area contributed by atoms with Gasteiger partial charge in [0, 0.05) is 25.2 Å². The number of rotatable bonds is 10. The lowest BCUT2D eigenvalue weighted by molar-refractivity contribution is -0.151. The zero-order valence-corrected chi connectivity index (χ0v) is 20.7. The van der Waals surface area contributed by atoms with Crippen LogP contribution in [0.25, 0.3) is 0 Å². The summed E-state index contributed by atoms with van der Waals surface area (Å²) in [6.45, 7) is 4.73. The van der Waals surface area contributed by atoms with Gasteiger partial charge >= 0.3 is 5.97 Å². The Bertz CT molecular complexity index is 695. The molecule has 0 aromatic carbocycles. The summed E-state index contributed by atoms with van der Waals surface area (Å²) in [7, 11) is 0. The van der Waals surface area contributed by atoms with Crippen molar-refractivity contribution in [2.75, 3.05) is 0 Å². The number of carbonyl (C=O) groups is 2. The van der Waals surface area contributed by atoms with E-state index in [-0.39, 0.29) is 17.5 Å². The lowest BCUT2D eigenvalue weighted by atomic mass is 9.50. The van der Waals surface area contributed by atoms with Crippen molar-refractivity contribution < 1.29 is 14.3 Å². The van der Waals surface area contributed by atoms with E-state index in [2.05, 4.69) is 19.9 Å². The molecule has 180 valence electrons. The number of fused-ring (bicyclic) bond motifs is 5. The summed E-state index contributed by atoms with van der Waals surface area (Å²) in [5.74, 6) is 2.99. The molecule has 0 radical (unpaired) electrons. The third-order valence-electron chi connectivity index (χ3n) is 9.66. The van der Waals surface area contributed by atoms with Crippen LogP contribution in [-0.4, -0.2) is 17.9 Å². The number of esters is 1. The van der Waals surface area contributed by atoms with E-state index in [1.807, 2.05) is 0 Å². The van der Waals surface area contributed by atoms with Gasteiger partial charge in [-0.05, 0) is 68.1 Å². The molecule has 0 saturated heterocycles. The Labute approximate surface area is 196 Å². The SMILES string of the molecule is CCCCCCCCCCC(=O)OC1CCC2(C)C(=CCC3C4CCC(=O)C4CCC32)C1. The normalized spacial score (nSPS) is 36.1. The van der Waals surface area contributed by atoms with E-state index in [9.17, 15) is 9.59 Å². The number of ether oxygens (including phenoxy) is 1. The van der Waals surface area contributed by atoms with Gasteiger partial charge in [-0.3, -0.25) is 9.59 Å². The van der Waals surface area contributed by atoms with Gasteiger partial charge in [-0.25, -0.2) is 0 Å². The number of ketones is 1. The summed E-state index contributed by atoms with van der Waals surface area (Å²) in [4.78, 5) is 24.7. The predicted molar refractivity (Wildman–Crippen MR) is 129 cm³/mol. The zero-order chi connectivity index (χ0) is 22.6. The quantitative estimate of drug-likeness (QED) is 0.199. The molecule has 0 heterocycles. The summed E-state index contributed by atoms with van der Waals surface area (Å²) >= 11 is 0. The molecule has 0 bridgehead atoms. The Morgan fingerprint density at radius 1 is 1.00 bits per heavy atom. The van der Waals surface area contributed by atoms with Crippen molar-refractivity contribution in [1.82, 2.24) is 0 Å². The predicted octanol–water partition coefficient (Wildman–Crippen LogP) is 7.57. The largest absolute Gasteiger partial charge is 0.462 e. The number of hydrogen-bond acceptors (Lipinski definition) is 3. The van der Waals surface area contributed by atoms with Crippen LogP contribution in [0.1, 0.15) is 123 Å². The number of unbranched alkanes of at least 4 members (excludes halogenated alkanes) is 7. The van der Waals surface area contributed by atoms with E-state index in [1.165, 1.54) is 44.9 Å². The van der Waals surface area contributed by atoms with Crippen LogP contribution in [0, 0.1) is 29.1 Å². The average Bonchev–Trinajstić information content (AvgIpc) is 3.17. The van der Waals surface area contributed by atoms with Crippen LogP contribution in [0.3, 0.4) is 0 Å². The molecule has 32 heavy (non-hydrogen) atoms. The highest BCUT2D eigenvalue weighted by atomic mass is 16.5. The molecule has 6 atom stereocenters. The molecule has 3 fully saturated rings. The smallest absolute Gasteiger partial charge is 0.306 e. The van der Waals surface area contributed by atoms with Gasteiger partial charge in [0.2, 0.25) is 0 Å². The van der Waals surface area contributed by atoms with Gasteiger partial charge in [-0.15, -0.1) is 0 Å². The maximum Gasteiger partial charge on any atom is 0.306 e. The fraction of sp³-hybridized carbons (Fsp3) is 0.862. The van der Waals surface area contributed by atoms with E-state index in [1.54, 1.807) is 5.57 Å². The van der Waals surface area contributed by atoms with Gasteiger partial charge in [-0.2, -0.15) is 0 Å². The molecular weight excluding hydrogens is 396 g/mol. The molecule has 3 heteroatoms. The zero-order valence-electron chi connectivity index (χ0n) is 20.7. The minimum Gasteiger partial charge on any atom is -0.462 e. The van der Waals surface area contributed by atoms with Crippen molar-refractivity contribution in [1.29, 1.82) is 0 Å². The molecule has 3 saturated carbocycles. The topological polar surface area (TPSA) is 43.4 Å². The van der Waals surface area contributed by atoms with Gasteiger partial charge in [0.05, 0.1) is 0 Å². The van der Waals surface area contributed by atoms with E-state index in [0.717, 1.165) is 63.7 Å². The minimum absolute atomic E-state index is 0.0175. The fourth-order valence-electron chi connectivity index (χ4n) is 7.79. The van der Waals surface area contributed by atoms with Gasteiger partial charge in [0.1, 0.15) is 11.9 Å². The molecule has 0 amide bonds. The van der Waals surface area contributed by atoms with E-state index in [0.29, 0.717) is 30.0 Å². The van der Waals surface area contributed by atoms with Gasteiger partial charge in [-0.1, -0.05) is 70.4 Å². The third kappa shape index (κ3) is 5.17. The molecule has 4 rings (SSSR count). The lowest BCUT2D eigenvalue weighted by Crippen LogP contribution is -2.47. The van der Waals surface area contributed by atoms with Gasteiger partial charge < -0.3 is 4.74 Å².